The fourth-order valence-electron chi connectivity index (χ4n) is 2.90. The molecule has 0 spiro atoms. The number of nitrogens with one attached hydrogen (secondary N) is 1. The molecule has 2 rings (SSSR count). The van der Waals surface area contributed by atoms with Crippen LogP contribution in [0.4, 0.5) is 11.4 Å². The van der Waals surface area contributed by atoms with Gasteiger partial charge in [-0.3, -0.25) is 9.10 Å². The topological polar surface area (TPSA) is 92.8 Å². The Morgan fingerprint density at radius 1 is 1.07 bits per heavy atom. The van der Waals surface area contributed by atoms with Gasteiger partial charge in [-0.15, -0.1) is 0 Å². The van der Waals surface area contributed by atoms with Crippen LogP contribution in [0.5, 0.6) is 0 Å². The van der Waals surface area contributed by atoms with E-state index in [1.54, 1.807) is 37.3 Å². The second-order valence-electron chi connectivity index (χ2n) is 6.51. The Hall–Kier alpha value is -2.87. The molecule has 2 aromatic rings. The number of esters is 1. The van der Waals surface area contributed by atoms with Crippen molar-refractivity contribution in [1.29, 1.82) is 0 Å². The Morgan fingerprint density at radius 2 is 1.69 bits per heavy atom. The number of carbonyl (C=O) groups is 2. The quantitative estimate of drug-likeness (QED) is 0.665. The minimum absolute atomic E-state index is 0.202. The highest BCUT2D eigenvalue weighted by atomic mass is 32.2. The zero-order valence-electron chi connectivity index (χ0n) is 17.0. The summed E-state index contributed by atoms with van der Waals surface area (Å²) in [6.07, 6.45) is 1.87. The van der Waals surface area contributed by atoms with Crippen LogP contribution in [-0.4, -0.2) is 39.2 Å². The first kappa shape index (κ1) is 22.4. The molecule has 0 unspecified atom stereocenters. The molecule has 0 aliphatic rings. The van der Waals surface area contributed by atoms with Crippen LogP contribution < -0.4 is 9.62 Å². The first-order valence-corrected chi connectivity index (χ1v) is 11.2. The number of para-hydroxylation sites is 1. The van der Waals surface area contributed by atoms with Gasteiger partial charge >= 0.3 is 5.97 Å². The Kier molecular flexibility index (Phi) is 7.39. The molecule has 0 heterocycles. The zero-order chi connectivity index (χ0) is 21.6. The Labute approximate surface area is 171 Å². The summed E-state index contributed by atoms with van der Waals surface area (Å²) in [5.74, 6) is -1.13. The van der Waals surface area contributed by atoms with Crippen LogP contribution in [0, 0.1) is 0 Å². The number of ether oxygens (including phenoxy) is 1. The maximum atomic E-state index is 12.9. The molecule has 0 aromatic heterocycles. The summed E-state index contributed by atoms with van der Waals surface area (Å²) in [7, 11) is -3.73. The van der Waals surface area contributed by atoms with Gasteiger partial charge in [0.1, 0.15) is 6.04 Å². The number of hydrogen-bond acceptors (Lipinski definition) is 5. The van der Waals surface area contributed by atoms with Gasteiger partial charge in [0.05, 0.1) is 29.8 Å². The predicted molar refractivity (Wildman–Crippen MR) is 114 cm³/mol. The van der Waals surface area contributed by atoms with Crippen LogP contribution in [0.3, 0.4) is 0 Å². The summed E-state index contributed by atoms with van der Waals surface area (Å²) < 4.78 is 30.9. The van der Waals surface area contributed by atoms with Crippen molar-refractivity contribution in [2.75, 3.05) is 22.5 Å². The molecule has 0 aliphatic heterocycles. The molecular weight excluding hydrogens is 392 g/mol. The van der Waals surface area contributed by atoms with E-state index in [1.807, 2.05) is 19.1 Å². The number of aryl methyl sites for hydroxylation is 1. The van der Waals surface area contributed by atoms with Crippen molar-refractivity contribution < 1.29 is 22.7 Å². The van der Waals surface area contributed by atoms with Crippen molar-refractivity contribution in [1.82, 2.24) is 0 Å². The van der Waals surface area contributed by atoms with E-state index >= 15 is 0 Å². The highest BCUT2D eigenvalue weighted by molar-refractivity contribution is 7.92. The van der Waals surface area contributed by atoms with Gasteiger partial charge in [0, 0.05) is 0 Å². The molecule has 0 aliphatic carbocycles. The zero-order valence-corrected chi connectivity index (χ0v) is 17.8. The lowest BCUT2D eigenvalue weighted by Crippen LogP contribution is -2.45. The Morgan fingerprint density at radius 3 is 2.24 bits per heavy atom. The number of amides is 1. The van der Waals surface area contributed by atoms with Gasteiger partial charge < -0.3 is 10.1 Å². The van der Waals surface area contributed by atoms with E-state index in [-0.39, 0.29) is 17.9 Å². The summed E-state index contributed by atoms with van der Waals surface area (Å²) in [5, 5.41) is 2.65. The molecule has 0 radical (unpaired) electrons. The van der Waals surface area contributed by atoms with Gasteiger partial charge in [0.2, 0.25) is 15.9 Å². The van der Waals surface area contributed by atoms with Crippen molar-refractivity contribution in [3.05, 3.63) is 59.7 Å². The second kappa shape index (κ2) is 9.56. The maximum Gasteiger partial charge on any atom is 0.340 e. The van der Waals surface area contributed by atoms with Crippen molar-refractivity contribution in [2.24, 2.45) is 0 Å². The molecule has 1 N–H and O–H groups in total. The highest BCUT2D eigenvalue weighted by Crippen LogP contribution is 2.23. The largest absolute Gasteiger partial charge is 0.462 e. The van der Waals surface area contributed by atoms with Gasteiger partial charge in [-0.1, -0.05) is 31.2 Å². The standard InChI is InChI=1S/C21H26N2O5S/c1-5-16-11-13-17(14-12-16)23(29(4,26)27)15(3)20(24)22-19-10-8-7-9-18(19)21(25)28-6-2/h7-15H,5-6H2,1-4H3,(H,22,24)/t15-/m1/s1. The van der Waals surface area contributed by atoms with E-state index in [0.29, 0.717) is 5.69 Å². The third-order valence-corrected chi connectivity index (χ3v) is 5.61. The predicted octanol–water partition coefficient (Wildman–Crippen LogP) is 3.22. The average Bonchev–Trinajstić information content (AvgIpc) is 2.68. The van der Waals surface area contributed by atoms with Crippen molar-refractivity contribution >= 4 is 33.3 Å². The van der Waals surface area contributed by atoms with Gasteiger partial charge in [-0.2, -0.15) is 0 Å². The Balaban J connectivity index is 2.32. The van der Waals surface area contributed by atoms with Crippen molar-refractivity contribution in [3.63, 3.8) is 0 Å². The number of nitrogens with zero attached hydrogens (tertiary/aromatic N) is 1. The van der Waals surface area contributed by atoms with Gasteiger partial charge in [0.25, 0.3) is 0 Å². The second-order valence-corrected chi connectivity index (χ2v) is 8.37. The smallest absolute Gasteiger partial charge is 0.340 e. The molecule has 1 atom stereocenters. The summed E-state index contributed by atoms with van der Waals surface area (Å²) in [5.41, 5.74) is 1.92. The minimum atomic E-state index is -3.73. The average molecular weight is 419 g/mol. The number of carbonyl (C=O) groups excluding carboxylic acids is 2. The minimum Gasteiger partial charge on any atom is -0.462 e. The van der Waals surface area contributed by atoms with E-state index in [4.69, 9.17) is 4.74 Å². The number of hydrogen-bond donors (Lipinski definition) is 1. The summed E-state index contributed by atoms with van der Waals surface area (Å²) in [6.45, 7) is 5.39. The van der Waals surface area contributed by atoms with E-state index in [0.717, 1.165) is 22.5 Å². The number of rotatable bonds is 8. The van der Waals surface area contributed by atoms with Crippen molar-refractivity contribution in [2.45, 2.75) is 33.2 Å². The van der Waals surface area contributed by atoms with E-state index in [1.165, 1.54) is 13.0 Å². The van der Waals surface area contributed by atoms with Gasteiger partial charge in [0.15, 0.2) is 0 Å². The van der Waals surface area contributed by atoms with Gasteiger partial charge in [-0.05, 0) is 50.1 Å². The van der Waals surface area contributed by atoms with Crippen LogP contribution in [0.25, 0.3) is 0 Å². The lowest BCUT2D eigenvalue weighted by molar-refractivity contribution is -0.116. The van der Waals surface area contributed by atoms with Crippen LogP contribution in [0.1, 0.15) is 36.7 Å². The van der Waals surface area contributed by atoms with E-state index in [2.05, 4.69) is 5.32 Å². The normalized spacial score (nSPS) is 12.1. The fourth-order valence-corrected chi connectivity index (χ4v) is 4.08. The van der Waals surface area contributed by atoms with E-state index in [9.17, 15) is 18.0 Å². The molecule has 0 bridgehead atoms. The molecule has 29 heavy (non-hydrogen) atoms. The number of benzene rings is 2. The van der Waals surface area contributed by atoms with Crippen LogP contribution >= 0.6 is 0 Å². The van der Waals surface area contributed by atoms with Crippen LogP contribution in [0.2, 0.25) is 0 Å². The Bertz CT molecular complexity index is 971. The fraction of sp³-hybridized carbons (Fsp3) is 0.333. The molecule has 7 nitrogen and oxygen atoms in total. The van der Waals surface area contributed by atoms with Crippen LogP contribution in [0.15, 0.2) is 48.5 Å². The summed E-state index contributed by atoms with van der Waals surface area (Å²) >= 11 is 0. The molecule has 0 fully saturated rings. The SMILES string of the molecule is CCOC(=O)c1ccccc1NC(=O)[C@@H](C)N(c1ccc(CC)cc1)S(C)(=O)=O. The third-order valence-electron chi connectivity index (χ3n) is 4.37. The molecular formula is C21H26N2O5S. The maximum absolute atomic E-state index is 12.9. The van der Waals surface area contributed by atoms with Crippen LogP contribution in [-0.2, 0) is 26.0 Å². The summed E-state index contributed by atoms with van der Waals surface area (Å²) in [6, 6.07) is 12.4. The molecule has 1 amide bonds. The molecule has 0 saturated carbocycles. The lowest BCUT2D eigenvalue weighted by Gasteiger charge is -2.28. The molecule has 0 saturated heterocycles. The van der Waals surface area contributed by atoms with E-state index < -0.39 is 27.9 Å². The molecule has 2 aromatic carbocycles. The summed E-state index contributed by atoms with van der Waals surface area (Å²) in [4.78, 5) is 25.0. The number of anilines is 2. The third kappa shape index (κ3) is 5.57. The lowest BCUT2D eigenvalue weighted by atomic mass is 10.1. The van der Waals surface area contributed by atoms with Crippen molar-refractivity contribution in [3.8, 4) is 0 Å². The monoisotopic (exact) mass is 418 g/mol. The molecule has 156 valence electrons. The number of sulfonamides is 1. The first-order chi connectivity index (χ1) is 13.7. The highest BCUT2D eigenvalue weighted by Gasteiger charge is 2.29. The molecule has 8 heteroatoms. The first-order valence-electron chi connectivity index (χ1n) is 9.34. The van der Waals surface area contributed by atoms with Gasteiger partial charge in [-0.25, -0.2) is 13.2 Å².